The van der Waals surface area contributed by atoms with Crippen molar-refractivity contribution in [2.75, 3.05) is 0 Å². The van der Waals surface area contributed by atoms with E-state index in [0.717, 1.165) is 11.4 Å². The average Bonchev–Trinajstić information content (AvgIpc) is 2.96. The van der Waals surface area contributed by atoms with Crippen LogP contribution < -0.4 is 15.3 Å². The molecule has 0 aliphatic heterocycles. The normalized spacial score (nSPS) is 13.1. The Morgan fingerprint density at radius 2 is 0.635 bits per heavy atom. The molecule has 0 amide bonds. The fourth-order valence-corrected chi connectivity index (χ4v) is 2.68. The molecule has 0 atom stereocenters. The van der Waals surface area contributed by atoms with E-state index in [9.17, 15) is 29.7 Å². The number of carbonyl (C=O) groups is 3. The van der Waals surface area contributed by atoms with Crippen LogP contribution in [0.4, 0.5) is 0 Å². The van der Waals surface area contributed by atoms with Gasteiger partial charge in [-0.05, 0) is 58.7 Å². The van der Waals surface area contributed by atoms with Crippen molar-refractivity contribution in [2.24, 2.45) is 32.5 Å². The van der Waals surface area contributed by atoms with Crippen LogP contribution in [0.15, 0.2) is 84.3 Å². The van der Waals surface area contributed by atoms with Crippen LogP contribution in [-0.4, -0.2) is 27.3 Å². The molecule has 293 valence electrons. The van der Waals surface area contributed by atoms with Gasteiger partial charge in [0.25, 0.3) is 0 Å². The molecule has 0 spiro atoms. The number of ketones is 3. The molecule has 2 rings (SSSR count). The molecule has 9 heteroatoms. The molecular formula is C43H65DyN2O6. The van der Waals surface area contributed by atoms with Gasteiger partial charge in [-0.2, -0.15) is 0 Å². The van der Waals surface area contributed by atoms with Crippen molar-refractivity contribution < 1.29 is 67.9 Å². The Balaban J connectivity index is -0.000000612. The van der Waals surface area contributed by atoms with E-state index in [1.807, 2.05) is 161 Å². The summed E-state index contributed by atoms with van der Waals surface area (Å²) in [5.74, 6) is -0.625. The van der Waals surface area contributed by atoms with Crippen molar-refractivity contribution in [3.8, 4) is 11.4 Å². The van der Waals surface area contributed by atoms with E-state index in [2.05, 4.69) is 9.97 Å². The standard InChI is InChI=1S/3C11H20O2.C10H8N2.Dy/c3*1-10(2,3)8(12)7-9(13)11(4,5)6;1-3-7-11-9(5-1)10-6-2-4-8-12-10;/h3*7,12H,1-6H3;1-8H;/q;;;;+3/p-3/b3*8-7-;;. The van der Waals surface area contributed by atoms with Crippen LogP contribution in [0.25, 0.3) is 11.4 Å². The van der Waals surface area contributed by atoms with Crippen molar-refractivity contribution in [1.29, 1.82) is 0 Å². The maximum absolute atomic E-state index is 11.4. The Morgan fingerprint density at radius 1 is 0.423 bits per heavy atom. The zero-order valence-corrected chi connectivity index (χ0v) is 37.0. The zero-order valence-electron chi connectivity index (χ0n) is 35.0. The second-order valence-electron chi connectivity index (χ2n) is 18.5. The molecule has 0 saturated carbocycles. The van der Waals surface area contributed by atoms with Crippen LogP contribution in [0, 0.1) is 70.7 Å². The molecule has 0 bridgehead atoms. The molecule has 0 fully saturated rings. The minimum Gasteiger partial charge on any atom is -0.875 e. The van der Waals surface area contributed by atoms with Gasteiger partial charge in [-0.3, -0.25) is 24.4 Å². The van der Waals surface area contributed by atoms with Gasteiger partial charge in [-0.1, -0.05) is 137 Å². The third kappa shape index (κ3) is 23.7. The third-order valence-corrected chi connectivity index (χ3v) is 6.81. The first-order valence-electron chi connectivity index (χ1n) is 17.2. The zero-order chi connectivity index (χ0) is 40.8. The molecule has 0 aromatic carbocycles. The first kappa shape index (κ1) is 53.6. The van der Waals surface area contributed by atoms with E-state index in [0.29, 0.717) is 0 Å². The van der Waals surface area contributed by atoms with E-state index >= 15 is 0 Å². The Hall–Kier alpha value is -2.80. The summed E-state index contributed by atoms with van der Waals surface area (Å²) in [5.41, 5.74) is -0.915. The molecule has 1 radical (unpaired) electrons. The minimum absolute atomic E-state index is 0. The SMILES string of the molecule is CC(C)(C)C(=O)/C=C(\[O-])C(C)(C)C.CC(C)(C)C(=O)/C=C(\[O-])C(C)(C)C.CC(C)(C)C(=O)/C=C(\[O-])C(C)(C)C.[Dy+3].c1ccc(-c2ccccn2)nc1. The maximum Gasteiger partial charge on any atom is 3.00 e. The summed E-state index contributed by atoms with van der Waals surface area (Å²) in [6, 6.07) is 11.6. The van der Waals surface area contributed by atoms with Gasteiger partial charge in [0.05, 0.1) is 11.4 Å². The quantitative estimate of drug-likeness (QED) is 0.224. The molecule has 0 aliphatic rings. The van der Waals surface area contributed by atoms with Gasteiger partial charge in [0.1, 0.15) is 0 Å². The van der Waals surface area contributed by atoms with Crippen LogP contribution >= 0.6 is 0 Å². The molecule has 2 aromatic rings. The maximum atomic E-state index is 11.4. The number of carbonyl (C=O) groups excluding carboxylic acids is 3. The van der Waals surface area contributed by atoms with E-state index in [-0.39, 0.29) is 72.8 Å². The largest absolute Gasteiger partial charge is 3.00 e. The van der Waals surface area contributed by atoms with E-state index < -0.39 is 32.5 Å². The van der Waals surface area contributed by atoms with Gasteiger partial charge in [0.15, 0.2) is 17.3 Å². The van der Waals surface area contributed by atoms with Crippen LogP contribution in [0.2, 0.25) is 0 Å². The summed E-state index contributed by atoms with van der Waals surface area (Å²) in [7, 11) is 0. The molecule has 52 heavy (non-hydrogen) atoms. The van der Waals surface area contributed by atoms with Gasteiger partial charge in [0, 0.05) is 28.6 Å². The van der Waals surface area contributed by atoms with Gasteiger partial charge in [-0.25, -0.2) is 0 Å². The number of allylic oxidation sites excluding steroid dienone is 6. The topological polar surface area (TPSA) is 146 Å². The first-order chi connectivity index (χ1) is 22.6. The summed E-state index contributed by atoms with van der Waals surface area (Å²) in [6.07, 6.45) is 7.20. The number of rotatable bonds is 4. The minimum atomic E-state index is -0.457. The van der Waals surface area contributed by atoms with Crippen molar-refractivity contribution in [3.05, 3.63) is 84.3 Å². The number of hydrogen-bond donors (Lipinski definition) is 0. The number of pyridine rings is 2. The van der Waals surface area contributed by atoms with Gasteiger partial charge >= 0.3 is 38.2 Å². The third-order valence-electron chi connectivity index (χ3n) is 6.81. The number of nitrogens with zero attached hydrogens (tertiary/aromatic N) is 2. The summed E-state index contributed by atoms with van der Waals surface area (Å²) in [6.45, 7) is 32.5. The summed E-state index contributed by atoms with van der Waals surface area (Å²) >= 11 is 0. The smallest absolute Gasteiger partial charge is 0.875 e. The number of hydrogen-bond acceptors (Lipinski definition) is 8. The summed E-state index contributed by atoms with van der Waals surface area (Å²) in [5, 5.41) is 34.3. The van der Waals surface area contributed by atoms with Crippen molar-refractivity contribution in [2.45, 2.75) is 125 Å². The van der Waals surface area contributed by atoms with Crippen LogP contribution in [0.3, 0.4) is 0 Å². The molecule has 8 nitrogen and oxygen atoms in total. The second kappa shape index (κ2) is 21.8. The Bertz CT molecular complexity index is 1320. The monoisotopic (exact) mass is 869 g/mol. The fourth-order valence-electron chi connectivity index (χ4n) is 2.68. The van der Waals surface area contributed by atoms with Gasteiger partial charge < -0.3 is 15.3 Å². The Labute approximate surface area is 345 Å². The van der Waals surface area contributed by atoms with Crippen molar-refractivity contribution >= 4 is 17.3 Å². The van der Waals surface area contributed by atoms with E-state index in [1.54, 1.807) is 12.4 Å². The van der Waals surface area contributed by atoms with Gasteiger partial charge in [-0.15, -0.1) is 17.3 Å². The first-order valence-corrected chi connectivity index (χ1v) is 17.2. The molecule has 0 unspecified atom stereocenters. The molecule has 0 N–H and O–H groups in total. The number of aromatic nitrogens is 2. The fraction of sp³-hybridized carbons (Fsp3) is 0.558. The molecular weight excluding hydrogens is 803 g/mol. The molecule has 2 heterocycles. The average molecular weight is 869 g/mol. The summed E-state index contributed by atoms with van der Waals surface area (Å²) in [4.78, 5) is 42.7. The molecule has 2 aromatic heterocycles. The predicted molar refractivity (Wildman–Crippen MR) is 203 cm³/mol. The summed E-state index contributed by atoms with van der Waals surface area (Å²) < 4.78 is 0. The van der Waals surface area contributed by atoms with Crippen molar-refractivity contribution in [3.63, 3.8) is 0 Å². The van der Waals surface area contributed by atoms with Crippen LogP contribution in [0.5, 0.6) is 0 Å². The Morgan fingerprint density at radius 3 is 0.769 bits per heavy atom. The van der Waals surface area contributed by atoms with Crippen LogP contribution in [-0.2, 0) is 14.4 Å². The predicted octanol–water partition coefficient (Wildman–Crippen LogP) is 7.82. The molecule has 0 aliphatic carbocycles. The molecule has 0 saturated heterocycles. The van der Waals surface area contributed by atoms with E-state index in [4.69, 9.17) is 0 Å². The second-order valence-corrected chi connectivity index (χ2v) is 18.5. The van der Waals surface area contributed by atoms with E-state index in [1.165, 1.54) is 18.2 Å². The van der Waals surface area contributed by atoms with Gasteiger partial charge in [0.2, 0.25) is 0 Å². The van der Waals surface area contributed by atoms with Crippen LogP contribution in [0.1, 0.15) is 125 Å². The Kier molecular flexibility index (Phi) is 22.4. The van der Waals surface area contributed by atoms with Crippen molar-refractivity contribution in [1.82, 2.24) is 9.97 Å².